The Hall–Kier alpha value is -3.59. The smallest absolute Gasteiger partial charge is 0.343 e. The zero-order valence-electron chi connectivity index (χ0n) is 15.8. The number of benzene rings is 2. The SMILES string of the molecule is O=[N+]([O-])c1cnc(/C=C/c2ccc(Br)cc2)n1CCn1cc(-c2ccccc2)nn1. The van der Waals surface area contributed by atoms with Gasteiger partial charge in [0, 0.05) is 16.1 Å². The van der Waals surface area contributed by atoms with Crippen LogP contribution >= 0.6 is 15.9 Å². The number of nitrogens with zero attached hydrogens (tertiary/aromatic N) is 6. The standard InChI is InChI=1S/C21H17BrN6O2/c22-18-9-6-16(7-10-18)8-11-20-23-14-21(28(29)30)27(20)13-12-26-15-19(24-25-26)17-4-2-1-3-5-17/h1-11,14-15H,12-13H2/b11-8+. The van der Waals surface area contributed by atoms with Crippen LogP contribution in [0.2, 0.25) is 0 Å². The molecule has 4 aromatic rings. The van der Waals surface area contributed by atoms with Crippen LogP contribution in [0.1, 0.15) is 11.4 Å². The number of hydrogen-bond acceptors (Lipinski definition) is 5. The summed E-state index contributed by atoms with van der Waals surface area (Å²) in [7, 11) is 0. The summed E-state index contributed by atoms with van der Waals surface area (Å²) in [5.41, 5.74) is 2.70. The summed E-state index contributed by atoms with van der Waals surface area (Å²) in [4.78, 5) is 15.2. The van der Waals surface area contributed by atoms with Gasteiger partial charge >= 0.3 is 5.82 Å². The molecule has 0 unspecified atom stereocenters. The minimum atomic E-state index is -0.430. The van der Waals surface area contributed by atoms with Crippen LogP contribution in [0.3, 0.4) is 0 Å². The summed E-state index contributed by atoms with van der Waals surface area (Å²) in [6, 6.07) is 17.5. The average molecular weight is 465 g/mol. The maximum atomic E-state index is 11.4. The van der Waals surface area contributed by atoms with E-state index >= 15 is 0 Å². The predicted octanol–water partition coefficient (Wildman–Crippen LogP) is 4.68. The Morgan fingerprint density at radius 3 is 2.53 bits per heavy atom. The van der Waals surface area contributed by atoms with Gasteiger partial charge in [0.05, 0.1) is 12.7 Å². The van der Waals surface area contributed by atoms with Gasteiger partial charge in [-0.3, -0.25) is 0 Å². The van der Waals surface area contributed by atoms with Crippen LogP contribution < -0.4 is 0 Å². The van der Waals surface area contributed by atoms with Crippen molar-refractivity contribution < 1.29 is 4.92 Å². The van der Waals surface area contributed by atoms with E-state index in [2.05, 4.69) is 31.2 Å². The molecule has 0 aliphatic heterocycles. The zero-order chi connectivity index (χ0) is 20.9. The van der Waals surface area contributed by atoms with Crippen molar-refractivity contribution in [3.63, 3.8) is 0 Å². The van der Waals surface area contributed by atoms with Crippen molar-refractivity contribution in [2.75, 3.05) is 0 Å². The largest absolute Gasteiger partial charge is 0.358 e. The number of hydrogen-bond donors (Lipinski definition) is 0. The fourth-order valence-corrected chi connectivity index (χ4v) is 3.25. The maximum absolute atomic E-state index is 11.4. The second kappa shape index (κ2) is 8.83. The van der Waals surface area contributed by atoms with E-state index in [1.165, 1.54) is 6.20 Å². The van der Waals surface area contributed by atoms with Crippen molar-refractivity contribution in [2.24, 2.45) is 0 Å². The first-order chi connectivity index (χ1) is 14.6. The van der Waals surface area contributed by atoms with Crippen molar-refractivity contribution in [2.45, 2.75) is 13.1 Å². The normalized spacial score (nSPS) is 11.2. The van der Waals surface area contributed by atoms with Crippen molar-refractivity contribution in [1.82, 2.24) is 24.5 Å². The Bertz CT molecular complexity index is 1180. The van der Waals surface area contributed by atoms with Crippen LogP contribution in [0.5, 0.6) is 0 Å². The molecule has 0 saturated carbocycles. The highest BCUT2D eigenvalue weighted by Crippen LogP contribution is 2.19. The number of nitro groups is 1. The van der Waals surface area contributed by atoms with Gasteiger partial charge < -0.3 is 10.1 Å². The zero-order valence-corrected chi connectivity index (χ0v) is 17.4. The third-order valence-corrected chi connectivity index (χ3v) is 5.04. The lowest BCUT2D eigenvalue weighted by Gasteiger charge is -2.03. The molecule has 0 radical (unpaired) electrons. The van der Waals surface area contributed by atoms with Gasteiger partial charge in [-0.2, -0.15) is 0 Å². The monoisotopic (exact) mass is 464 g/mol. The van der Waals surface area contributed by atoms with E-state index in [1.54, 1.807) is 15.3 Å². The van der Waals surface area contributed by atoms with E-state index in [-0.39, 0.29) is 5.82 Å². The van der Waals surface area contributed by atoms with Crippen molar-refractivity contribution in [1.29, 1.82) is 0 Å². The van der Waals surface area contributed by atoms with Gasteiger partial charge in [0.1, 0.15) is 18.4 Å². The quantitative estimate of drug-likeness (QED) is 0.292. The number of halogens is 1. The molecule has 0 atom stereocenters. The summed E-state index contributed by atoms with van der Waals surface area (Å²) in [6.07, 6.45) is 6.75. The Labute approximate surface area is 180 Å². The molecule has 9 heteroatoms. The topological polar surface area (TPSA) is 91.7 Å². The second-order valence-electron chi connectivity index (χ2n) is 6.50. The van der Waals surface area contributed by atoms with Gasteiger partial charge in [-0.05, 0) is 28.7 Å². The lowest BCUT2D eigenvalue weighted by molar-refractivity contribution is -0.392. The first kappa shape index (κ1) is 19.7. The van der Waals surface area contributed by atoms with E-state index in [1.807, 2.05) is 66.9 Å². The van der Waals surface area contributed by atoms with E-state index in [9.17, 15) is 10.1 Å². The molecule has 0 N–H and O–H groups in total. The molecular weight excluding hydrogens is 448 g/mol. The number of aryl methyl sites for hydroxylation is 1. The lowest BCUT2D eigenvalue weighted by Crippen LogP contribution is -2.11. The number of aromatic nitrogens is 5. The summed E-state index contributed by atoms with van der Waals surface area (Å²) in [6.45, 7) is 0.768. The highest BCUT2D eigenvalue weighted by molar-refractivity contribution is 9.10. The molecule has 4 rings (SSSR count). The average Bonchev–Trinajstić information content (AvgIpc) is 3.39. The second-order valence-corrected chi connectivity index (χ2v) is 7.42. The highest BCUT2D eigenvalue weighted by Gasteiger charge is 2.18. The molecule has 2 aromatic carbocycles. The molecule has 2 heterocycles. The third-order valence-electron chi connectivity index (χ3n) is 4.51. The number of imidazole rings is 1. The summed E-state index contributed by atoms with van der Waals surface area (Å²) in [5.74, 6) is 0.446. The summed E-state index contributed by atoms with van der Waals surface area (Å²) in [5, 5.41) is 19.8. The third kappa shape index (κ3) is 4.52. The molecule has 0 aliphatic rings. The molecule has 30 heavy (non-hydrogen) atoms. The molecule has 0 aliphatic carbocycles. The highest BCUT2D eigenvalue weighted by atomic mass is 79.9. The van der Waals surface area contributed by atoms with Crippen LogP contribution in [-0.4, -0.2) is 29.5 Å². The Balaban J connectivity index is 1.53. The number of rotatable bonds is 7. The first-order valence-corrected chi connectivity index (χ1v) is 9.98. The van der Waals surface area contributed by atoms with Crippen LogP contribution in [0.15, 0.2) is 71.5 Å². The van der Waals surface area contributed by atoms with Gasteiger partial charge in [0.25, 0.3) is 0 Å². The van der Waals surface area contributed by atoms with Gasteiger partial charge in [-0.25, -0.2) is 14.2 Å². The molecule has 0 spiro atoms. The minimum absolute atomic E-state index is 0.0612. The van der Waals surface area contributed by atoms with Crippen LogP contribution in [-0.2, 0) is 13.1 Å². The molecule has 0 saturated heterocycles. The van der Waals surface area contributed by atoms with E-state index in [4.69, 9.17) is 0 Å². The van der Waals surface area contributed by atoms with Gasteiger partial charge in [-0.1, -0.05) is 63.6 Å². The minimum Gasteiger partial charge on any atom is -0.358 e. The molecule has 0 amide bonds. The predicted molar refractivity (Wildman–Crippen MR) is 117 cm³/mol. The fourth-order valence-electron chi connectivity index (χ4n) is 2.98. The van der Waals surface area contributed by atoms with E-state index in [0.717, 1.165) is 21.3 Å². The Kier molecular flexibility index (Phi) is 5.80. The van der Waals surface area contributed by atoms with Gasteiger partial charge in [-0.15, -0.1) is 5.10 Å². The molecular formula is C21H17BrN6O2. The van der Waals surface area contributed by atoms with Crippen LogP contribution in [0.4, 0.5) is 5.82 Å². The van der Waals surface area contributed by atoms with Crippen LogP contribution in [0, 0.1) is 10.1 Å². The fraction of sp³-hybridized carbons (Fsp3) is 0.0952. The summed E-state index contributed by atoms with van der Waals surface area (Å²) < 4.78 is 4.23. The van der Waals surface area contributed by atoms with Crippen molar-refractivity contribution in [3.05, 3.63) is 93.0 Å². The van der Waals surface area contributed by atoms with E-state index < -0.39 is 4.92 Å². The van der Waals surface area contributed by atoms with Crippen LogP contribution in [0.25, 0.3) is 23.4 Å². The Morgan fingerprint density at radius 2 is 1.80 bits per heavy atom. The molecule has 150 valence electrons. The lowest BCUT2D eigenvalue weighted by atomic mass is 10.2. The van der Waals surface area contributed by atoms with Crippen molar-refractivity contribution >= 4 is 33.9 Å². The Morgan fingerprint density at radius 1 is 1.03 bits per heavy atom. The first-order valence-electron chi connectivity index (χ1n) is 9.19. The molecule has 0 fully saturated rings. The van der Waals surface area contributed by atoms with Gasteiger partial charge in [0.2, 0.25) is 5.82 Å². The maximum Gasteiger partial charge on any atom is 0.343 e. The van der Waals surface area contributed by atoms with E-state index in [0.29, 0.717) is 18.9 Å². The summed E-state index contributed by atoms with van der Waals surface area (Å²) >= 11 is 3.40. The molecule has 8 nitrogen and oxygen atoms in total. The molecule has 2 aromatic heterocycles. The van der Waals surface area contributed by atoms with Gasteiger partial charge in [0.15, 0.2) is 0 Å². The van der Waals surface area contributed by atoms with Crippen molar-refractivity contribution in [3.8, 4) is 11.3 Å². The molecule has 0 bridgehead atoms.